The fourth-order valence-electron chi connectivity index (χ4n) is 0.0538. The maximum Gasteiger partial charge on any atom is 0.244 e. The zero-order chi connectivity index (χ0) is 5.86. The van der Waals surface area contributed by atoms with Crippen molar-refractivity contribution in [2.75, 3.05) is 0 Å². The zero-order valence-electron chi connectivity index (χ0n) is 3.94. The van der Waals surface area contributed by atoms with Crippen molar-refractivity contribution in [2.45, 2.75) is 6.92 Å². The molecule has 0 bridgehead atoms. The standard InChI is InChI=1S/C4H6INO/c1-3(2-5)4(6)7/h2H,1H3,(H2,6,7)/b3-2-. The predicted octanol–water partition coefficient (Wildman–Crippen LogP) is 0.811. The molecule has 3 heteroatoms. The van der Waals surface area contributed by atoms with Crippen LogP contribution < -0.4 is 5.73 Å². The Morgan fingerprint density at radius 3 is 2.29 bits per heavy atom. The average Bonchev–Trinajstić information content (AvgIpc) is 1.65. The molecule has 2 nitrogen and oxygen atoms in total. The highest BCUT2D eigenvalue weighted by atomic mass is 127. The highest BCUT2D eigenvalue weighted by Gasteiger charge is 1.91. The third kappa shape index (κ3) is 2.61. The van der Waals surface area contributed by atoms with Gasteiger partial charge in [0, 0.05) is 5.57 Å². The van der Waals surface area contributed by atoms with E-state index in [0.29, 0.717) is 5.57 Å². The fraction of sp³-hybridized carbons (Fsp3) is 0.250. The molecule has 0 unspecified atom stereocenters. The molecule has 7 heavy (non-hydrogen) atoms. The van der Waals surface area contributed by atoms with Crippen LogP contribution >= 0.6 is 22.6 Å². The van der Waals surface area contributed by atoms with Crippen molar-refractivity contribution < 1.29 is 4.79 Å². The van der Waals surface area contributed by atoms with Crippen molar-refractivity contribution in [3.63, 3.8) is 0 Å². The summed E-state index contributed by atoms with van der Waals surface area (Å²) in [6.07, 6.45) is 0. The molecule has 0 fully saturated rings. The first-order valence-corrected chi connectivity index (χ1v) is 3.00. The lowest BCUT2D eigenvalue weighted by Gasteiger charge is -1.84. The number of nitrogens with two attached hydrogens (primary N) is 1. The van der Waals surface area contributed by atoms with Crippen molar-refractivity contribution in [1.29, 1.82) is 0 Å². The van der Waals surface area contributed by atoms with Gasteiger partial charge in [-0.15, -0.1) is 0 Å². The van der Waals surface area contributed by atoms with E-state index in [1.54, 1.807) is 11.0 Å². The normalized spacial score (nSPS) is 11.4. The summed E-state index contributed by atoms with van der Waals surface area (Å²) in [5.41, 5.74) is 5.43. The first-order chi connectivity index (χ1) is 3.18. The van der Waals surface area contributed by atoms with Gasteiger partial charge in [-0.05, 0) is 11.0 Å². The number of hydrogen-bond acceptors (Lipinski definition) is 1. The maximum absolute atomic E-state index is 10.1. The van der Waals surface area contributed by atoms with Gasteiger partial charge in [0.05, 0.1) is 0 Å². The lowest BCUT2D eigenvalue weighted by molar-refractivity contribution is -0.114. The summed E-state index contributed by atoms with van der Waals surface area (Å²) < 4.78 is 1.65. The number of carbonyl (C=O) groups is 1. The van der Waals surface area contributed by atoms with Gasteiger partial charge in [-0.25, -0.2) is 0 Å². The molecule has 0 aromatic carbocycles. The van der Waals surface area contributed by atoms with E-state index in [-0.39, 0.29) is 5.91 Å². The molecule has 0 saturated carbocycles. The number of hydrogen-bond donors (Lipinski definition) is 1. The van der Waals surface area contributed by atoms with Crippen LogP contribution in [-0.2, 0) is 4.79 Å². The molecule has 0 radical (unpaired) electrons. The summed E-state index contributed by atoms with van der Waals surface area (Å²) >= 11 is 1.97. The van der Waals surface area contributed by atoms with Crippen LogP contribution in [0.2, 0.25) is 0 Å². The molecule has 0 aromatic heterocycles. The first kappa shape index (κ1) is 6.94. The quantitative estimate of drug-likeness (QED) is 0.506. The van der Waals surface area contributed by atoms with Gasteiger partial charge in [0.25, 0.3) is 0 Å². The van der Waals surface area contributed by atoms with E-state index in [0.717, 1.165) is 0 Å². The van der Waals surface area contributed by atoms with Gasteiger partial charge in [0.2, 0.25) is 5.91 Å². The van der Waals surface area contributed by atoms with Crippen LogP contribution in [0.4, 0.5) is 0 Å². The summed E-state index contributed by atoms with van der Waals surface area (Å²) in [6, 6.07) is 0. The molecule has 0 aliphatic heterocycles. The molecule has 2 N–H and O–H groups in total. The second kappa shape index (κ2) is 3.01. The Hall–Kier alpha value is -0.0600. The number of amides is 1. The summed E-state index contributed by atoms with van der Waals surface area (Å²) in [4.78, 5) is 10.1. The van der Waals surface area contributed by atoms with E-state index in [4.69, 9.17) is 5.73 Å². The molecule has 40 valence electrons. The van der Waals surface area contributed by atoms with Crippen molar-refractivity contribution in [1.82, 2.24) is 0 Å². The smallest absolute Gasteiger partial charge is 0.244 e. The van der Waals surface area contributed by atoms with Gasteiger partial charge in [0.15, 0.2) is 0 Å². The highest BCUT2D eigenvalue weighted by Crippen LogP contribution is 1.94. The predicted molar refractivity (Wildman–Crippen MR) is 37.0 cm³/mol. The summed E-state index contributed by atoms with van der Waals surface area (Å²) in [6.45, 7) is 1.68. The van der Waals surface area contributed by atoms with Gasteiger partial charge < -0.3 is 5.73 Å². The van der Waals surface area contributed by atoms with Crippen molar-refractivity contribution >= 4 is 28.5 Å². The Morgan fingerprint density at radius 1 is 1.86 bits per heavy atom. The van der Waals surface area contributed by atoms with E-state index in [1.165, 1.54) is 0 Å². The van der Waals surface area contributed by atoms with Gasteiger partial charge in [0.1, 0.15) is 0 Å². The Kier molecular flexibility index (Phi) is 2.98. The van der Waals surface area contributed by atoms with Crippen LogP contribution in [0.5, 0.6) is 0 Å². The van der Waals surface area contributed by atoms with Crippen molar-refractivity contribution in [3.05, 3.63) is 9.66 Å². The highest BCUT2D eigenvalue weighted by molar-refractivity contribution is 14.1. The molecule has 0 rings (SSSR count). The lowest BCUT2D eigenvalue weighted by atomic mass is 10.3. The van der Waals surface area contributed by atoms with Crippen LogP contribution in [-0.4, -0.2) is 5.91 Å². The fourth-order valence-corrected chi connectivity index (χ4v) is 0.361. The minimum atomic E-state index is -0.352. The molecule has 0 aliphatic rings. The summed E-state index contributed by atoms with van der Waals surface area (Å²) in [7, 11) is 0. The Bertz CT molecular complexity index is 108. The van der Waals surface area contributed by atoms with Gasteiger partial charge >= 0.3 is 0 Å². The zero-order valence-corrected chi connectivity index (χ0v) is 6.10. The maximum atomic E-state index is 10.1. The third-order valence-electron chi connectivity index (χ3n) is 0.552. The van der Waals surface area contributed by atoms with E-state index in [1.807, 2.05) is 22.6 Å². The molecule has 1 amide bonds. The molecule has 0 saturated heterocycles. The lowest BCUT2D eigenvalue weighted by Crippen LogP contribution is -2.10. The number of carbonyl (C=O) groups excluding carboxylic acids is 1. The molecule has 0 spiro atoms. The van der Waals surface area contributed by atoms with Gasteiger partial charge in [-0.3, -0.25) is 4.79 Å². The second-order valence-corrected chi connectivity index (χ2v) is 1.78. The van der Waals surface area contributed by atoms with Crippen LogP contribution in [0.1, 0.15) is 6.92 Å². The minimum absolute atomic E-state index is 0.352. The molecule has 0 heterocycles. The average molecular weight is 211 g/mol. The number of halogens is 1. The molecule has 0 aliphatic carbocycles. The second-order valence-electron chi connectivity index (χ2n) is 1.16. The molecule has 0 atom stereocenters. The number of primary amides is 1. The third-order valence-corrected chi connectivity index (χ3v) is 1.49. The number of rotatable bonds is 1. The summed E-state index contributed by atoms with van der Waals surface area (Å²) in [5.74, 6) is -0.352. The van der Waals surface area contributed by atoms with E-state index >= 15 is 0 Å². The molecule has 0 aromatic rings. The van der Waals surface area contributed by atoms with Crippen molar-refractivity contribution in [3.8, 4) is 0 Å². The van der Waals surface area contributed by atoms with Crippen LogP contribution in [0.25, 0.3) is 0 Å². The molecular formula is C4H6INO. The van der Waals surface area contributed by atoms with Crippen LogP contribution in [0, 0.1) is 0 Å². The molecular weight excluding hydrogens is 205 g/mol. The van der Waals surface area contributed by atoms with E-state index < -0.39 is 0 Å². The SMILES string of the molecule is C/C(=C/I)C(N)=O. The minimum Gasteiger partial charge on any atom is -0.366 e. The first-order valence-electron chi connectivity index (χ1n) is 1.75. The van der Waals surface area contributed by atoms with E-state index in [9.17, 15) is 4.79 Å². The summed E-state index contributed by atoms with van der Waals surface area (Å²) in [5, 5.41) is 0. The van der Waals surface area contributed by atoms with E-state index in [2.05, 4.69) is 0 Å². The van der Waals surface area contributed by atoms with Crippen LogP contribution in [0.3, 0.4) is 0 Å². The monoisotopic (exact) mass is 211 g/mol. The van der Waals surface area contributed by atoms with Gasteiger partial charge in [-0.2, -0.15) is 0 Å². The Morgan fingerprint density at radius 2 is 2.29 bits per heavy atom. The van der Waals surface area contributed by atoms with Crippen molar-refractivity contribution in [2.24, 2.45) is 5.73 Å². The van der Waals surface area contributed by atoms with Gasteiger partial charge in [-0.1, -0.05) is 22.6 Å². The topological polar surface area (TPSA) is 43.1 Å². The Balaban J connectivity index is 3.82. The largest absolute Gasteiger partial charge is 0.366 e. The Labute approximate surface area is 55.9 Å². The van der Waals surface area contributed by atoms with Crippen LogP contribution in [0.15, 0.2) is 9.66 Å².